The molecule has 1 aliphatic heterocycles. The first-order chi connectivity index (χ1) is 7.42. The molecule has 1 N–H and O–H groups in total. The number of alkyl halides is 2. The summed E-state index contributed by atoms with van der Waals surface area (Å²) in [5.41, 5.74) is 1.24. The summed E-state index contributed by atoms with van der Waals surface area (Å²) in [6, 6.07) is 2.79. The average Bonchev–Trinajstić information content (AvgIpc) is 2.91. The third-order valence-electron chi connectivity index (χ3n) is 2.65. The Bertz CT molecular complexity index is 347. The van der Waals surface area contributed by atoms with Crippen molar-refractivity contribution in [2.45, 2.75) is 18.9 Å². The molecule has 1 aliphatic carbocycles. The number of hydrogen-bond donors (Lipinski definition) is 1. The summed E-state index contributed by atoms with van der Waals surface area (Å²) in [5.74, 6) is 0.945. The van der Waals surface area contributed by atoms with E-state index in [-0.39, 0.29) is 0 Å². The van der Waals surface area contributed by atoms with Gasteiger partial charge in [0.2, 0.25) is 0 Å². The van der Waals surface area contributed by atoms with Crippen LogP contribution in [0.2, 0.25) is 0 Å². The van der Waals surface area contributed by atoms with E-state index in [0.29, 0.717) is 27.2 Å². The number of hydrogen-bond acceptors (Lipinski definition) is 4. The Morgan fingerprint density at radius 1 is 1.47 bits per heavy atom. The van der Waals surface area contributed by atoms with Crippen LogP contribution in [0.5, 0.6) is 0 Å². The second-order valence-electron chi connectivity index (χ2n) is 3.98. The maximum atomic E-state index is 4.11. The van der Waals surface area contributed by atoms with Crippen LogP contribution in [0.15, 0.2) is 12.3 Å². The van der Waals surface area contributed by atoms with Crippen LogP contribution in [0, 0.1) is 0 Å². The van der Waals surface area contributed by atoms with E-state index in [4.69, 9.17) is 0 Å². The first kappa shape index (κ1) is 9.62. The van der Waals surface area contributed by atoms with Crippen molar-refractivity contribution in [1.29, 1.82) is 0 Å². The maximum absolute atomic E-state index is 4.11. The van der Waals surface area contributed by atoms with Crippen molar-refractivity contribution in [2.75, 3.05) is 25.7 Å². The summed E-state index contributed by atoms with van der Waals surface area (Å²) in [6.07, 6.45) is 4.44. The molecule has 15 heavy (non-hydrogen) atoms. The van der Waals surface area contributed by atoms with Gasteiger partial charge in [-0.15, -0.1) is 0 Å². The molecular weight excluding hydrogens is 303 g/mol. The fraction of sp³-hybridized carbons (Fsp3) is 0.600. The molecular formula is C10H14IN4-. The predicted molar refractivity (Wildman–Crippen MR) is 55.8 cm³/mol. The monoisotopic (exact) mass is 317 g/mol. The van der Waals surface area contributed by atoms with E-state index in [9.17, 15) is 0 Å². The number of nitrogens with one attached hydrogen (secondary N) is 1. The van der Waals surface area contributed by atoms with Crippen LogP contribution < -0.4 is 31.4 Å². The third-order valence-corrected chi connectivity index (χ3v) is 5.20. The van der Waals surface area contributed by atoms with Gasteiger partial charge in [0.1, 0.15) is 0 Å². The van der Waals surface area contributed by atoms with Gasteiger partial charge in [-0.25, -0.2) is 0 Å². The predicted octanol–water partition coefficient (Wildman–Crippen LogP) is -2.08. The van der Waals surface area contributed by atoms with Gasteiger partial charge in [-0.05, 0) is 0 Å². The minimum absolute atomic E-state index is 0.419. The van der Waals surface area contributed by atoms with Crippen molar-refractivity contribution in [1.82, 2.24) is 10.2 Å². The molecule has 0 bridgehead atoms. The summed E-state index contributed by atoms with van der Waals surface area (Å²) in [7, 11) is 0. The molecule has 2 aliphatic rings. The zero-order valence-electron chi connectivity index (χ0n) is 8.49. The van der Waals surface area contributed by atoms with Gasteiger partial charge >= 0.3 is 99.8 Å². The number of nitrogens with zero attached hydrogens (tertiary/aromatic N) is 3. The van der Waals surface area contributed by atoms with Gasteiger partial charge in [0.15, 0.2) is 0 Å². The molecule has 0 aromatic carbocycles. The summed E-state index contributed by atoms with van der Waals surface area (Å²) in [4.78, 5) is 2.43. The Balaban J connectivity index is 1.75. The Morgan fingerprint density at radius 2 is 2.40 bits per heavy atom. The first-order valence-electron chi connectivity index (χ1n) is 5.29. The molecule has 82 valence electrons. The second-order valence-corrected chi connectivity index (χ2v) is 6.82. The molecule has 5 heteroatoms. The van der Waals surface area contributed by atoms with E-state index < -0.39 is 0 Å². The fourth-order valence-electron chi connectivity index (χ4n) is 1.62. The van der Waals surface area contributed by atoms with E-state index in [1.165, 1.54) is 34.1 Å². The van der Waals surface area contributed by atoms with E-state index in [1.54, 1.807) is 0 Å². The zero-order valence-corrected chi connectivity index (χ0v) is 10.6. The first-order valence-corrected chi connectivity index (χ1v) is 8.34. The minimum atomic E-state index is 0.419. The third kappa shape index (κ3) is 2.32. The van der Waals surface area contributed by atoms with Crippen molar-refractivity contribution in [2.24, 2.45) is 0 Å². The average molecular weight is 317 g/mol. The van der Waals surface area contributed by atoms with Gasteiger partial charge in [0.25, 0.3) is 0 Å². The van der Waals surface area contributed by atoms with Crippen molar-refractivity contribution in [3.63, 3.8) is 0 Å². The molecule has 0 spiro atoms. The summed E-state index contributed by atoms with van der Waals surface area (Å²) in [6.45, 7) is 1.21. The van der Waals surface area contributed by atoms with Crippen LogP contribution in [-0.4, -0.2) is 31.8 Å². The normalized spacial score (nSPS) is 21.2. The standard InChI is InChI=1S/C10H14IN4/c1-2-8(1)13-10-5-9(6-12-14-10)15-4-3-11-7-15/h5-6,8H,1-4,7H2,(H,13,14)/q-1. The number of halogens is 1. The van der Waals surface area contributed by atoms with Crippen molar-refractivity contribution >= 4 is 11.5 Å². The quantitative estimate of drug-likeness (QED) is 0.395. The molecule has 4 nitrogen and oxygen atoms in total. The van der Waals surface area contributed by atoms with Gasteiger partial charge in [-0.1, -0.05) is 0 Å². The molecule has 1 saturated heterocycles. The Labute approximate surface area is 99.7 Å². The number of anilines is 2. The van der Waals surface area contributed by atoms with Gasteiger partial charge in [-0.2, -0.15) is 0 Å². The fourth-order valence-corrected chi connectivity index (χ4v) is 4.20. The van der Waals surface area contributed by atoms with Crippen LogP contribution in [-0.2, 0) is 0 Å². The number of rotatable bonds is 3. The second kappa shape index (κ2) is 4.11. The summed E-state index contributed by atoms with van der Waals surface area (Å²) >= 11 is 0.419. The van der Waals surface area contributed by atoms with Gasteiger partial charge in [0, 0.05) is 0 Å². The Kier molecular flexibility index (Phi) is 2.64. The molecule has 1 saturated carbocycles. The van der Waals surface area contributed by atoms with Crippen LogP contribution >= 0.6 is 0 Å². The van der Waals surface area contributed by atoms with E-state index in [1.807, 2.05) is 6.20 Å². The Morgan fingerprint density at radius 3 is 3.13 bits per heavy atom. The van der Waals surface area contributed by atoms with Crippen molar-refractivity contribution < 1.29 is 21.2 Å². The van der Waals surface area contributed by atoms with Crippen LogP contribution in [0.3, 0.4) is 0 Å². The molecule has 0 unspecified atom stereocenters. The molecule has 0 atom stereocenters. The topological polar surface area (TPSA) is 41.1 Å². The molecule has 0 amide bonds. The molecule has 1 aromatic heterocycles. The van der Waals surface area contributed by atoms with Crippen molar-refractivity contribution in [3.05, 3.63) is 12.3 Å². The van der Waals surface area contributed by atoms with Gasteiger partial charge < -0.3 is 0 Å². The van der Waals surface area contributed by atoms with Gasteiger partial charge in [-0.3, -0.25) is 0 Å². The van der Waals surface area contributed by atoms with E-state index >= 15 is 0 Å². The van der Waals surface area contributed by atoms with Crippen LogP contribution in [0.4, 0.5) is 11.5 Å². The molecule has 3 rings (SSSR count). The zero-order chi connectivity index (χ0) is 10.1. The molecule has 1 aromatic rings. The SMILES string of the molecule is c1nnc(NC2CC2)cc1N1CC[I-]C1. The summed E-state index contributed by atoms with van der Waals surface area (Å²) < 4.78 is 2.68. The van der Waals surface area contributed by atoms with E-state index in [0.717, 1.165) is 5.82 Å². The molecule has 0 radical (unpaired) electrons. The molecule has 2 heterocycles. The molecule has 2 fully saturated rings. The summed E-state index contributed by atoms with van der Waals surface area (Å²) in [5, 5.41) is 11.6. The van der Waals surface area contributed by atoms with Gasteiger partial charge in [0.05, 0.1) is 0 Å². The van der Waals surface area contributed by atoms with Crippen LogP contribution in [0.25, 0.3) is 0 Å². The van der Waals surface area contributed by atoms with Crippen LogP contribution in [0.1, 0.15) is 12.8 Å². The Hall–Kier alpha value is -0.590. The van der Waals surface area contributed by atoms with Crippen molar-refractivity contribution in [3.8, 4) is 0 Å². The number of aromatic nitrogens is 2. The van der Waals surface area contributed by atoms with E-state index in [2.05, 4.69) is 26.5 Å².